The van der Waals surface area contributed by atoms with E-state index in [0.717, 1.165) is 28.0 Å². The third kappa shape index (κ3) is 4.17. The van der Waals surface area contributed by atoms with Gasteiger partial charge in [0.15, 0.2) is 0 Å². The van der Waals surface area contributed by atoms with Crippen molar-refractivity contribution in [2.75, 3.05) is 5.75 Å². The van der Waals surface area contributed by atoms with Gasteiger partial charge < -0.3 is 9.73 Å². The minimum absolute atomic E-state index is 0.113. The van der Waals surface area contributed by atoms with Crippen LogP contribution in [0.25, 0.3) is 16.7 Å². The second-order valence-corrected chi connectivity index (χ2v) is 7.85. The zero-order valence-electron chi connectivity index (χ0n) is 16.4. The average Bonchev–Trinajstić information content (AvgIpc) is 3.35. The van der Waals surface area contributed by atoms with Gasteiger partial charge in [0.05, 0.1) is 17.5 Å². The number of hydrogen-bond donors (Lipinski definition) is 1. The molecule has 0 unspecified atom stereocenters. The number of carbonyl (C=O) groups excluding carboxylic acids is 1. The molecule has 0 saturated heterocycles. The molecule has 2 aromatic heterocycles. The molecule has 0 aliphatic heterocycles. The predicted octanol–water partition coefficient (Wildman–Crippen LogP) is 3.99. The highest BCUT2D eigenvalue weighted by atomic mass is 32.2. The minimum Gasteiger partial charge on any atom is -0.459 e. The van der Waals surface area contributed by atoms with Crippen LogP contribution in [-0.2, 0) is 4.79 Å². The molecular weight excluding hydrogens is 386 g/mol. The van der Waals surface area contributed by atoms with Crippen LogP contribution in [0.2, 0.25) is 0 Å². The normalized spacial score (nSPS) is 12.2. The number of carbonyl (C=O) groups is 1. The Hall–Kier alpha value is -3.13. The molecule has 2 aromatic carbocycles. The van der Waals surface area contributed by atoms with Crippen molar-refractivity contribution >= 4 is 28.6 Å². The van der Waals surface area contributed by atoms with E-state index in [9.17, 15) is 4.79 Å². The first-order valence-corrected chi connectivity index (χ1v) is 10.3. The minimum atomic E-state index is -0.230. The molecule has 29 heavy (non-hydrogen) atoms. The monoisotopic (exact) mass is 407 g/mol. The Kier molecular flexibility index (Phi) is 5.35. The fraction of sp³-hybridized carbons (Fsp3) is 0.238. The lowest BCUT2D eigenvalue weighted by molar-refractivity contribution is -0.119. The van der Waals surface area contributed by atoms with Gasteiger partial charge in [0.1, 0.15) is 11.3 Å². The summed E-state index contributed by atoms with van der Waals surface area (Å²) in [5, 5.41) is 16.4. The van der Waals surface area contributed by atoms with E-state index < -0.39 is 0 Å². The number of fused-ring (bicyclic) bond motifs is 1. The van der Waals surface area contributed by atoms with Crippen LogP contribution in [-0.4, -0.2) is 31.9 Å². The van der Waals surface area contributed by atoms with Crippen molar-refractivity contribution in [3.8, 4) is 5.69 Å². The zero-order chi connectivity index (χ0) is 20.4. The summed E-state index contributed by atoms with van der Waals surface area (Å²) in [7, 11) is 0. The molecule has 1 amide bonds. The number of para-hydroxylation sites is 1. The fourth-order valence-electron chi connectivity index (χ4n) is 2.99. The largest absolute Gasteiger partial charge is 0.459 e. The number of rotatable bonds is 6. The SMILES string of the molecule is Cc1ccc(-n2nnnc2SCC(=O)N[C@@H](C)c2cc3ccccc3o2)cc1C. The van der Waals surface area contributed by atoms with Gasteiger partial charge in [0.2, 0.25) is 11.1 Å². The molecule has 4 rings (SSSR count). The van der Waals surface area contributed by atoms with E-state index in [-0.39, 0.29) is 17.7 Å². The number of aryl methyl sites for hydroxylation is 2. The smallest absolute Gasteiger partial charge is 0.231 e. The third-order valence-corrected chi connectivity index (χ3v) is 5.68. The molecule has 8 heteroatoms. The van der Waals surface area contributed by atoms with Crippen molar-refractivity contribution in [1.29, 1.82) is 0 Å². The molecule has 0 bridgehead atoms. The van der Waals surface area contributed by atoms with Gasteiger partial charge in [0, 0.05) is 5.39 Å². The Bertz CT molecular complexity index is 1130. The molecule has 1 atom stereocenters. The van der Waals surface area contributed by atoms with Crippen molar-refractivity contribution in [3.05, 3.63) is 65.4 Å². The molecule has 1 N–H and O–H groups in total. The standard InChI is InChI=1S/C21H21N5O2S/c1-13-8-9-17(10-14(13)2)26-21(23-24-25-26)29-12-20(27)22-15(3)19-11-16-6-4-5-7-18(16)28-19/h4-11,15H,12H2,1-3H3,(H,22,27)/t15-/m0/s1. The van der Waals surface area contributed by atoms with Gasteiger partial charge in [-0.05, 0) is 66.6 Å². The number of nitrogens with zero attached hydrogens (tertiary/aromatic N) is 4. The van der Waals surface area contributed by atoms with Crippen molar-refractivity contribution < 1.29 is 9.21 Å². The van der Waals surface area contributed by atoms with E-state index in [1.165, 1.54) is 17.3 Å². The van der Waals surface area contributed by atoms with Gasteiger partial charge in [0.25, 0.3) is 0 Å². The summed E-state index contributed by atoms with van der Waals surface area (Å²) in [5.41, 5.74) is 4.04. The quantitative estimate of drug-likeness (QED) is 0.486. The van der Waals surface area contributed by atoms with Gasteiger partial charge in [-0.3, -0.25) is 4.79 Å². The Morgan fingerprint density at radius 2 is 2.00 bits per heavy atom. The van der Waals surface area contributed by atoms with Gasteiger partial charge in [-0.2, -0.15) is 4.68 Å². The maximum atomic E-state index is 12.4. The van der Waals surface area contributed by atoms with Gasteiger partial charge >= 0.3 is 0 Å². The molecule has 148 valence electrons. The summed E-state index contributed by atoms with van der Waals surface area (Å²) in [6.45, 7) is 6.00. The topological polar surface area (TPSA) is 85.8 Å². The Morgan fingerprint density at radius 1 is 1.17 bits per heavy atom. The van der Waals surface area contributed by atoms with E-state index in [1.807, 2.05) is 62.4 Å². The number of thioether (sulfide) groups is 1. The number of tetrazole rings is 1. The van der Waals surface area contributed by atoms with E-state index >= 15 is 0 Å². The van der Waals surface area contributed by atoms with Crippen LogP contribution in [0.5, 0.6) is 0 Å². The zero-order valence-corrected chi connectivity index (χ0v) is 17.2. The lowest BCUT2D eigenvalue weighted by atomic mass is 10.1. The summed E-state index contributed by atoms with van der Waals surface area (Å²) in [6.07, 6.45) is 0. The van der Waals surface area contributed by atoms with Crippen LogP contribution in [0.3, 0.4) is 0 Å². The van der Waals surface area contributed by atoms with Crippen LogP contribution in [0.1, 0.15) is 29.9 Å². The molecule has 0 aliphatic carbocycles. The van der Waals surface area contributed by atoms with Crippen molar-refractivity contribution in [2.45, 2.75) is 32.0 Å². The molecular formula is C21H21N5O2S. The lowest BCUT2D eigenvalue weighted by Crippen LogP contribution is -2.28. The highest BCUT2D eigenvalue weighted by molar-refractivity contribution is 7.99. The lowest BCUT2D eigenvalue weighted by Gasteiger charge is -2.11. The molecule has 0 saturated carbocycles. The number of benzene rings is 2. The summed E-state index contributed by atoms with van der Waals surface area (Å²) in [6, 6.07) is 15.5. The van der Waals surface area contributed by atoms with Crippen LogP contribution < -0.4 is 5.32 Å². The average molecular weight is 407 g/mol. The van der Waals surface area contributed by atoms with E-state index in [4.69, 9.17) is 4.42 Å². The summed E-state index contributed by atoms with van der Waals surface area (Å²) >= 11 is 1.29. The highest BCUT2D eigenvalue weighted by Gasteiger charge is 2.16. The van der Waals surface area contributed by atoms with Crippen molar-refractivity contribution in [3.63, 3.8) is 0 Å². The Morgan fingerprint density at radius 3 is 2.79 bits per heavy atom. The van der Waals surface area contributed by atoms with E-state index in [0.29, 0.717) is 5.16 Å². The number of aromatic nitrogens is 4. The van der Waals surface area contributed by atoms with Gasteiger partial charge in [-0.25, -0.2) is 0 Å². The van der Waals surface area contributed by atoms with E-state index in [2.05, 4.69) is 27.8 Å². The number of amides is 1. The molecule has 2 heterocycles. The molecule has 0 spiro atoms. The number of nitrogens with one attached hydrogen (secondary N) is 1. The molecule has 7 nitrogen and oxygen atoms in total. The Balaban J connectivity index is 1.40. The maximum absolute atomic E-state index is 12.4. The fourth-order valence-corrected chi connectivity index (χ4v) is 3.69. The van der Waals surface area contributed by atoms with Crippen LogP contribution >= 0.6 is 11.8 Å². The first kappa shape index (κ1) is 19.2. The summed E-state index contributed by atoms with van der Waals surface area (Å²) in [4.78, 5) is 12.4. The molecule has 0 aliphatic rings. The van der Waals surface area contributed by atoms with Crippen LogP contribution in [0.15, 0.2) is 58.1 Å². The van der Waals surface area contributed by atoms with Crippen molar-refractivity contribution in [2.24, 2.45) is 0 Å². The number of furan rings is 1. The first-order chi connectivity index (χ1) is 14.0. The van der Waals surface area contributed by atoms with Gasteiger partial charge in [-0.15, -0.1) is 5.10 Å². The Labute approximate surface area is 172 Å². The second kappa shape index (κ2) is 8.08. The maximum Gasteiger partial charge on any atom is 0.231 e. The second-order valence-electron chi connectivity index (χ2n) is 6.91. The summed E-state index contributed by atoms with van der Waals surface area (Å²) < 4.78 is 7.47. The first-order valence-electron chi connectivity index (χ1n) is 9.28. The molecule has 0 fully saturated rings. The number of hydrogen-bond acceptors (Lipinski definition) is 6. The van der Waals surface area contributed by atoms with Crippen LogP contribution in [0.4, 0.5) is 0 Å². The van der Waals surface area contributed by atoms with Crippen molar-refractivity contribution in [1.82, 2.24) is 25.5 Å². The predicted molar refractivity (Wildman–Crippen MR) is 112 cm³/mol. The highest BCUT2D eigenvalue weighted by Crippen LogP contribution is 2.24. The molecule has 4 aromatic rings. The van der Waals surface area contributed by atoms with E-state index in [1.54, 1.807) is 4.68 Å². The molecule has 0 radical (unpaired) electrons. The summed E-state index contributed by atoms with van der Waals surface area (Å²) in [5.74, 6) is 0.817. The third-order valence-electron chi connectivity index (χ3n) is 4.76. The van der Waals surface area contributed by atoms with Gasteiger partial charge in [-0.1, -0.05) is 36.0 Å². The van der Waals surface area contributed by atoms with Crippen LogP contribution in [0, 0.1) is 13.8 Å².